The van der Waals surface area contributed by atoms with E-state index in [0.717, 1.165) is 119 Å². The molecule has 0 atom stereocenters. The van der Waals surface area contributed by atoms with Crippen LogP contribution >= 0.6 is 11.6 Å². The van der Waals surface area contributed by atoms with Gasteiger partial charge >= 0.3 is 0 Å². The molecule has 5 heterocycles. The van der Waals surface area contributed by atoms with Gasteiger partial charge in [-0.1, -0.05) is 18.5 Å². The summed E-state index contributed by atoms with van der Waals surface area (Å²) in [5.41, 5.74) is 4.56. The van der Waals surface area contributed by atoms with Crippen LogP contribution in [-0.2, 0) is 13.0 Å². The molecule has 7 rings (SSSR count). The first kappa shape index (κ1) is 35.9. The van der Waals surface area contributed by atoms with E-state index in [1.54, 1.807) is 24.4 Å². The zero-order chi connectivity index (χ0) is 36.0. The lowest BCUT2D eigenvalue weighted by Gasteiger charge is -2.39. The van der Waals surface area contributed by atoms with E-state index in [4.69, 9.17) is 21.6 Å². The van der Waals surface area contributed by atoms with Crippen molar-refractivity contribution in [3.8, 4) is 11.8 Å². The summed E-state index contributed by atoms with van der Waals surface area (Å²) in [7, 11) is 0. The van der Waals surface area contributed by atoms with Gasteiger partial charge in [0.25, 0.3) is 11.5 Å². The number of H-pyrrole nitrogens is 1. The Labute approximate surface area is 309 Å². The molecule has 3 aliphatic rings. The van der Waals surface area contributed by atoms with Crippen molar-refractivity contribution in [2.45, 2.75) is 70.6 Å². The van der Waals surface area contributed by atoms with Crippen LogP contribution in [0.4, 0.5) is 5.82 Å². The molecule has 0 radical (unpaired) electrons. The molecule has 52 heavy (non-hydrogen) atoms. The summed E-state index contributed by atoms with van der Waals surface area (Å²) in [5.74, 6) is 2.18. The molecule has 1 aliphatic carbocycles. The van der Waals surface area contributed by atoms with Gasteiger partial charge in [-0.05, 0) is 92.8 Å². The van der Waals surface area contributed by atoms with Crippen LogP contribution in [0.25, 0.3) is 11.0 Å². The van der Waals surface area contributed by atoms with Crippen molar-refractivity contribution in [1.29, 1.82) is 5.26 Å². The average molecular weight is 723 g/mol. The van der Waals surface area contributed by atoms with Gasteiger partial charge in [0.05, 0.1) is 33.3 Å². The summed E-state index contributed by atoms with van der Waals surface area (Å²) in [6, 6.07) is 15.2. The van der Waals surface area contributed by atoms with E-state index < -0.39 is 0 Å². The minimum atomic E-state index is -0.0862. The zero-order valence-corrected chi connectivity index (χ0v) is 30.6. The highest BCUT2D eigenvalue weighted by molar-refractivity contribution is 6.31. The fourth-order valence-electron chi connectivity index (χ4n) is 7.77. The number of aryl methyl sites for hydroxylation is 1. The summed E-state index contributed by atoms with van der Waals surface area (Å²) >= 11 is 6.15. The minimum Gasteiger partial charge on any atom is -0.490 e. The molecule has 11 nitrogen and oxygen atoms in total. The van der Waals surface area contributed by atoms with Gasteiger partial charge in [0.2, 0.25) is 0 Å². The van der Waals surface area contributed by atoms with Gasteiger partial charge in [-0.25, -0.2) is 4.98 Å². The number of benzene rings is 1. The number of pyridine rings is 3. The summed E-state index contributed by atoms with van der Waals surface area (Å²) < 4.78 is 6.09. The third kappa shape index (κ3) is 8.75. The maximum atomic E-state index is 13.0. The molecule has 1 aromatic carbocycles. The van der Waals surface area contributed by atoms with Crippen molar-refractivity contribution in [3.05, 3.63) is 92.5 Å². The van der Waals surface area contributed by atoms with Crippen molar-refractivity contribution >= 4 is 34.4 Å². The molecule has 272 valence electrons. The van der Waals surface area contributed by atoms with Crippen LogP contribution in [0, 0.1) is 17.2 Å². The highest BCUT2D eigenvalue weighted by Crippen LogP contribution is 2.28. The number of aromatic nitrogens is 3. The maximum absolute atomic E-state index is 13.0. The molecule has 2 N–H and O–H groups in total. The average Bonchev–Trinajstić information content (AvgIpc) is 3.16. The van der Waals surface area contributed by atoms with Crippen LogP contribution in [0.15, 0.2) is 59.7 Å². The van der Waals surface area contributed by atoms with Crippen molar-refractivity contribution < 1.29 is 9.53 Å². The van der Waals surface area contributed by atoms with Crippen LogP contribution < -0.4 is 20.5 Å². The number of nitriles is 1. The van der Waals surface area contributed by atoms with Crippen LogP contribution in [0.3, 0.4) is 0 Å². The number of carbonyl (C=O) groups is 1. The van der Waals surface area contributed by atoms with Gasteiger partial charge in [-0.15, -0.1) is 0 Å². The number of hydrogen-bond donors (Lipinski definition) is 2. The number of carbonyl (C=O) groups excluding carboxylic acids is 1. The smallest absolute Gasteiger partial charge is 0.253 e. The lowest BCUT2D eigenvalue weighted by Crippen LogP contribution is -2.48. The SMILES string of the molecule is CCc1cc2ncc(CN3CCN(CC4CCN(c5ccc(C(=O)NC6CCC(Oc7ccc(C#N)c(Cl)c7)CC6)cn5)CC4)CC3)cc2[nH]c1=O. The van der Waals surface area contributed by atoms with E-state index in [-0.39, 0.29) is 23.6 Å². The highest BCUT2D eigenvalue weighted by Gasteiger charge is 2.26. The quantitative estimate of drug-likeness (QED) is 0.216. The van der Waals surface area contributed by atoms with Gasteiger partial charge in [-0.3, -0.25) is 19.5 Å². The molecule has 4 aromatic rings. The van der Waals surface area contributed by atoms with Gasteiger partial charge < -0.3 is 24.8 Å². The number of fused-ring (bicyclic) bond motifs is 1. The number of rotatable bonds is 10. The predicted octanol–water partition coefficient (Wildman–Crippen LogP) is 5.56. The second kappa shape index (κ2) is 16.4. The number of hydrogen-bond acceptors (Lipinski definition) is 9. The molecule has 0 unspecified atom stereocenters. The number of nitrogens with one attached hydrogen (secondary N) is 2. The van der Waals surface area contributed by atoms with Crippen LogP contribution in [0.2, 0.25) is 5.02 Å². The first-order valence-corrected chi connectivity index (χ1v) is 19.0. The Morgan fingerprint density at radius 1 is 0.962 bits per heavy atom. The second-order valence-electron chi connectivity index (χ2n) is 14.5. The van der Waals surface area contributed by atoms with Crippen molar-refractivity contribution in [1.82, 2.24) is 30.1 Å². The lowest BCUT2D eigenvalue weighted by molar-refractivity contribution is 0.0893. The Kier molecular flexibility index (Phi) is 11.4. The van der Waals surface area contributed by atoms with E-state index in [9.17, 15) is 9.59 Å². The number of halogens is 1. The van der Waals surface area contributed by atoms with E-state index in [1.807, 2.05) is 31.3 Å². The highest BCUT2D eigenvalue weighted by atomic mass is 35.5. The molecular formula is C40H47ClN8O3. The number of ether oxygens (including phenoxy) is 1. The maximum Gasteiger partial charge on any atom is 0.253 e. The Morgan fingerprint density at radius 2 is 1.73 bits per heavy atom. The Hall–Kier alpha value is -4.50. The van der Waals surface area contributed by atoms with E-state index in [0.29, 0.717) is 34.2 Å². The molecule has 0 bridgehead atoms. The molecular weight excluding hydrogens is 676 g/mol. The fraction of sp³-hybridized carbons (Fsp3) is 0.475. The van der Waals surface area contributed by atoms with Gasteiger partial charge in [0, 0.05) is 82.4 Å². The van der Waals surface area contributed by atoms with Crippen LogP contribution in [0.1, 0.15) is 72.5 Å². The van der Waals surface area contributed by atoms with Crippen molar-refractivity contribution in [3.63, 3.8) is 0 Å². The van der Waals surface area contributed by atoms with Crippen molar-refractivity contribution in [2.24, 2.45) is 5.92 Å². The molecule has 2 aliphatic heterocycles. The Bertz CT molecular complexity index is 1950. The topological polar surface area (TPSA) is 130 Å². The van der Waals surface area contributed by atoms with Crippen LogP contribution in [0.5, 0.6) is 5.75 Å². The molecule has 12 heteroatoms. The van der Waals surface area contributed by atoms with Crippen molar-refractivity contribution in [2.75, 3.05) is 50.7 Å². The number of anilines is 1. The standard InChI is InChI=1S/C40H47ClN8O3/c1-2-29-20-36-37(46-39(29)50)19-28(23-43-36)26-48-17-15-47(16-18-48)25-27-11-13-49(14-12-27)38-10-4-31(24-44-38)40(51)45-32-5-8-33(9-6-32)52-34-7-3-30(22-42)35(41)21-34/h3-4,7,10,19-21,23-24,27,32-33H,2,5-6,8-9,11-18,25-26H2,1H3,(H,45,51)(H,46,50). The molecule has 3 aromatic heterocycles. The number of amides is 1. The van der Waals surface area contributed by atoms with Gasteiger partial charge in [0.15, 0.2) is 0 Å². The summed E-state index contributed by atoms with van der Waals surface area (Å²) in [4.78, 5) is 45.0. The fourth-order valence-corrected chi connectivity index (χ4v) is 7.98. The van der Waals surface area contributed by atoms with E-state index >= 15 is 0 Å². The first-order chi connectivity index (χ1) is 25.3. The second-order valence-corrected chi connectivity index (χ2v) is 14.9. The third-order valence-corrected chi connectivity index (χ3v) is 11.2. The summed E-state index contributed by atoms with van der Waals surface area (Å²) in [6.45, 7) is 10.1. The first-order valence-electron chi connectivity index (χ1n) is 18.7. The normalized spacial score (nSPS) is 20.4. The van der Waals surface area contributed by atoms with E-state index in [2.05, 4.69) is 47.1 Å². The third-order valence-electron chi connectivity index (χ3n) is 10.9. The minimum absolute atomic E-state index is 0.0192. The lowest BCUT2D eigenvalue weighted by atomic mass is 9.92. The molecule has 0 spiro atoms. The summed E-state index contributed by atoms with van der Waals surface area (Å²) in [5, 5.41) is 12.7. The Balaban J connectivity index is 0.803. The molecule has 3 fully saturated rings. The Morgan fingerprint density at radius 3 is 2.42 bits per heavy atom. The van der Waals surface area contributed by atoms with Crippen LogP contribution in [-0.4, -0.2) is 88.6 Å². The number of nitrogens with zero attached hydrogens (tertiary/aromatic N) is 6. The molecule has 1 amide bonds. The van der Waals surface area contributed by atoms with E-state index in [1.165, 1.54) is 0 Å². The predicted molar refractivity (Wildman–Crippen MR) is 203 cm³/mol. The van der Waals surface area contributed by atoms with Gasteiger partial charge in [0.1, 0.15) is 17.6 Å². The van der Waals surface area contributed by atoms with Gasteiger partial charge in [-0.2, -0.15) is 5.26 Å². The summed E-state index contributed by atoms with van der Waals surface area (Å²) in [6.07, 6.45) is 10.0. The number of piperazine rings is 1. The number of piperidine rings is 1. The zero-order valence-electron chi connectivity index (χ0n) is 29.8. The molecule has 2 saturated heterocycles. The number of aromatic amines is 1. The monoisotopic (exact) mass is 722 g/mol. The molecule has 1 saturated carbocycles. The largest absolute Gasteiger partial charge is 0.490 e.